The van der Waals surface area contributed by atoms with Gasteiger partial charge in [-0.05, 0) is 63.6 Å². The molecule has 0 bridgehead atoms. The van der Waals surface area contributed by atoms with Crippen LogP contribution in [0.5, 0.6) is 0 Å². The van der Waals surface area contributed by atoms with Gasteiger partial charge in [0, 0.05) is 5.56 Å². The van der Waals surface area contributed by atoms with Gasteiger partial charge in [-0.3, -0.25) is 4.79 Å². The number of carbonyl (C=O) groups is 1. The summed E-state index contributed by atoms with van der Waals surface area (Å²) in [5, 5.41) is 12.9. The third kappa shape index (κ3) is 4.37. The highest BCUT2D eigenvalue weighted by Crippen LogP contribution is 2.40. The largest absolute Gasteiger partial charge is 0.390 e. The third-order valence-electron chi connectivity index (χ3n) is 5.30. The van der Waals surface area contributed by atoms with Gasteiger partial charge in [0.25, 0.3) is 5.91 Å². The molecule has 0 radical (unpaired) electrons. The van der Waals surface area contributed by atoms with Gasteiger partial charge in [0.15, 0.2) is 0 Å². The zero-order chi connectivity index (χ0) is 17.2. The highest BCUT2D eigenvalue weighted by Gasteiger charge is 2.42. The predicted molar refractivity (Wildman–Crippen MR) is 94.1 cm³/mol. The molecule has 1 saturated heterocycles. The molecule has 1 saturated carbocycles. The van der Waals surface area contributed by atoms with Crippen LogP contribution in [0.1, 0.15) is 68.3 Å². The number of carbonyl (C=O) groups excluding carboxylic acids is 1. The Kier molecular flexibility index (Phi) is 4.97. The molecular weight excluding hydrogens is 302 g/mol. The first kappa shape index (κ1) is 17.4. The molecule has 3 rings (SSSR count). The van der Waals surface area contributed by atoms with Gasteiger partial charge in [-0.15, -0.1) is 0 Å². The van der Waals surface area contributed by atoms with E-state index in [0.29, 0.717) is 18.6 Å². The minimum Gasteiger partial charge on any atom is -0.390 e. The topological polar surface area (TPSA) is 58.6 Å². The summed E-state index contributed by atoms with van der Waals surface area (Å²) in [6, 6.07) is 7.83. The zero-order valence-electron chi connectivity index (χ0n) is 14.8. The van der Waals surface area contributed by atoms with Crippen molar-refractivity contribution >= 4 is 5.91 Å². The number of aliphatic hydroxyl groups is 1. The van der Waals surface area contributed by atoms with E-state index in [1.54, 1.807) is 0 Å². The second kappa shape index (κ2) is 6.85. The molecule has 1 aliphatic heterocycles. The molecule has 4 nitrogen and oxygen atoms in total. The molecule has 1 heterocycles. The Morgan fingerprint density at radius 1 is 1.29 bits per heavy atom. The maximum atomic E-state index is 12.4. The Morgan fingerprint density at radius 3 is 2.58 bits per heavy atom. The number of nitrogens with one attached hydrogen (secondary N) is 1. The second-order valence-electron chi connectivity index (χ2n) is 8.08. The van der Waals surface area contributed by atoms with Crippen LogP contribution in [-0.2, 0) is 11.2 Å². The van der Waals surface area contributed by atoms with Crippen molar-refractivity contribution in [3.05, 3.63) is 35.4 Å². The quantitative estimate of drug-likeness (QED) is 0.871. The Hall–Kier alpha value is -1.39. The summed E-state index contributed by atoms with van der Waals surface area (Å²) >= 11 is 0. The molecule has 1 atom stereocenters. The highest BCUT2D eigenvalue weighted by atomic mass is 16.5. The first-order valence-electron chi connectivity index (χ1n) is 9.11. The van der Waals surface area contributed by atoms with E-state index >= 15 is 0 Å². The maximum absolute atomic E-state index is 12.4. The second-order valence-corrected chi connectivity index (χ2v) is 8.08. The number of hydrogen-bond donors (Lipinski definition) is 2. The molecule has 1 amide bonds. The Bertz CT molecular complexity index is 568. The number of ether oxygens (including phenoxy) is 1. The number of rotatable bonds is 5. The third-order valence-corrected chi connectivity index (χ3v) is 5.30. The standard InChI is InChI=1S/C20H29NO3/c1-19(2,23)12-9-15-5-7-16(8-6-15)18(22)21-17-13-20(24-14-17)10-3-4-11-20/h5-8,17,23H,3-4,9-14H2,1-2H3,(H,21,22). The van der Waals surface area contributed by atoms with Gasteiger partial charge in [-0.2, -0.15) is 0 Å². The molecule has 2 aliphatic rings. The minimum absolute atomic E-state index is 0.0207. The SMILES string of the molecule is CC(C)(O)CCc1ccc(C(=O)NC2COC3(CCCC3)C2)cc1. The molecule has 0 aromatic heterocycles. The van der Waals surface area contributed by atoms with Crippen molar-refractivity contribution in [2.24, 2.45) is 0 Å². The van der Waals surface area contributed by atoms with Crippen molar-refractivity contribution in [2.45, 2.75) is 76.0 Å². The summed E-state index contributed by atoms with van der Waals surface area (Å²) in [4.78, 5) is 12.4. The average Bonchev–Trinajstić information content (AvgIpc) is 3.15. The molecule has 1 spiro atoms. The van der Waals surface area contributed by atoms with Crippen LogP contribution in [0, 0.1) is 0 Å². The molecule has 1 aromatic rings. The summed E-state index contributed by atoms with van der Waals surface area (Å²) in [5.74, 6) is -0.0207. The fraction of sp³-hybridized carbons (Fsp3) is 0.650. The summed E-state index contributed by atoms with van der Waals surface area (Å²) in [5.41, 5.74) is 1.21. The van der Waals surface area contributed by atoms with E-state index in [9.17, 15) is 9.90 Å². The van der Waals surface area contributed by atoms with Crippen LogP contribution in [0.2, 0.25) is 0 Å². The highest BCUT2D eigenvalue weighted by molar-refractivity contribution is 5.94. The van der Waals surface area contributed by atoms with Crippen molar-refractivity contribution in [1.82, 2.24) is 5.32 Å². The molecule has 1 aliphatic carbocycles. The van der Waals surface area contributed by atoms with Crippen molar-refractivity contribution in [1.29, 1.82) is 0 Å². The van der Waals surface area contributed by atoms with E-state index in [-0.39, 0.29) is 17.6 Å². The first-order valence-corrected chi connectivity index (χ1v) is 9.11. The van der Waals surface area contributed by atoms with Crippen LogP contribution in [0.15, 0.2) is 24.3 Å². The van der Waals surface area contributed by atoms with Gasteiger partial charge in [-0.25, -0.2) is 0 Å². The van der Waals surface area contributed by atoms with Crippen molar-refractivity contribution in [3.63, 3.8) is 0 Å². The lowest BCUT2D eigenvalue weighted by molar-refractivity contribution is 0.00987. The van der Waals surface area contributed by atoms with E-state index in [2.05, 4.69) is 5.32 Å². The van der Waals surface area contributed by atoms with Crippen LogP contribution >= 0.6 is 0 Å². The van der Waals surface area contributed by atoms with Crippen molar-refractivity contribution < 1.29 is 14.6 Å². The number of aryl methyl sites for hydroxylation is 1. The molecular formula is C20H29NO3. The Morgan fingerprint density at radius 2 is 1.96 bits per heavy atom. The lowest BCUT2D eigenvalue weighted by atomic mass is 9.96. The van der Waals surface area contributed by atoms with Gasteiger partial charge in [-0.1, -0.05) is 25.0 Å². The van der Waals surface area contributed by atoms with Crippen molar-refractivity contribution in [3.8, 4) is 0 Å². The normalized spacial score (nSPS) is 22.9. The van der Waals surface area contributed by atoms with E-state index in [1.165, 1.54) is 12.8 Å². The fourth-order valence-corrected chi connectivity index (χ4v) is 3.85. The number of amides is 1. The first-order chi connectivity index (χ1) is 11.4. The van der Waals surface area contributed by atoms with Crippen LogP contribution in [-0.4, -0.2) is 34.9 Å². The fourth-order valence-electron chi connectivity index (χ4n) is 3.85. The van der Waals surface area contributed by atoms with E-state index in [4.69, 9.17) is 4.74 Å². The Labute approximate surface area is 144 Å². The minimum atomic E-state index is -0.658. The molecule has 2 fully saturated rings. The van der Waals surface area contributed by atoms with Gasteiger partial charge in [0.2, 0.25) is 0 Å². The average molecular weight is 331 g/mol. The lowest BCUT2D eigenvalue weighted by Gasteiger charge is -2.21. The smallest absolute Gasteiger partial charge is 0.251 e. The molecule has 4 heteroatoms. The molecule has 24 heavy (non-hydrogen) atoms. The summed E-state index contributed by atoms with van der Waals surface area (Å²) < 4.78 is 6.00. The van der Waals surface area contributed by atoms with Crippen LogP contribution in [0.4, 0.5) is 0 Å². The maximum Gasteiger partial charge on any atom is 0.251 e. The molecule has 2 N–H and O–H groups in total. The van der Waals surface area contributed by atoms with Gasteiger partial charge < -0.3 is 15.2 Å². The molecule has 1 unspecified atom stereocenters. The number of benzene rings is 1. The predicted octanol–water partition coefficient (Wildman–Crippen LogP) is 3.22. The summed E-state index contributed by atoms with van der Waals surface area (Å²) in [7, 11) is 0. The molecule has 1 aromatic carbocycles. The van der Waals surface area contributed by atoms with E-state index in [1.807, 2.05) is 38.1 Å². The van der Waals surface area contributed by atoms with Crippen molar-refractivity contribution in [2.75, 3.05) is 6.61 Å². The van der Waals surface area contributed by atoms with Gasteiger partial charge in [0.05, 0.1) is 23.9 Å². The summed E-state index contributed by atoms with van der Waals surface area (Å²) in [6.07, 6.45) is 7.22. The van der Waals surface area contributed by atoms with E-state index < -0.39 is 5.60 Å². The van der Waals surface area contributed by atoms with Crippen LogP contribution < -0.4 is 5.32 Å². The van der Waals surface area contributed by atoms with Gasteiger partial charge >= 0.3 is 0 Å². The monoisotopic (exact) mass is 331 g/mol. The Balaban J connectivity index is 1.52. The summed E-state index contributed by atoms with van der Waals surface area (Å²) in [6.45, 7) is 4.26. The van der Waals surface area contributed by atoms with Gasteiger partial charge in [0.1, 0.15) is 0 Å². The van der Waals surface area contributed by atoms with Crippen LogP contribution in [0.3, 0.4) is 0 Å². The number of hydrogen-bond acceptors (Lipinski definition) is 3. The van der Waals surface area contributed by atoms with Crippen LogP contribution in [0.25, 0.3) is 0 Å². The zero-order valence-corrected chi connectivity index (χ0v) is 14.8. The van der Waals surface area contributed by atoms with E-state index in [0.717, 1.165) is 31.2 Å². The molecule has 132 valence electrons. The lowest BCUT2D eigenvalue weighted by Crippen LogP contribution is -2.36.